The number of primary sulfonamides is 1. The number of thiazole rings is 1. The van der Waals surface area contributed by atoms with E-state index < -0.39 is 10.0 Å². The Kier molecular flexibility index (Phi) is 3.72. The summed E-state index contributed by atoms with van der Waals surface area (Å²) in [5.41, 5.74) is 3.49. The third-order valence-electron chi connectivity index (χ3n) is 4.01. The molecule has 0 radical (unpaired) electrons. The highest BCUT2D eigenvalue weighted by Gasteiger charge is 2.16. The summed E-state index contributed by atoms with van der Waals surface area (Å²) in [6.45, 7) is 2.01. The minimum atomic E-state index is -3.69. The lowest BCUT2D eigenvalue weighted by atomic mass is 10.1. The van der Waals surface area contributed by atoms with Gasteiger partial charge in [0, 0.05) is 21.9 Å². The van der Waals surface area contributed by atoms with Gasteiger partial charge in [-0.3, -0.25) is 0 Å². The van der Waals surface area contributed by atoms with Crippen molar-refractivity contribution in [2.45, 2.75) is 11.8 Å². The molecule has 25 heavy (non-hydrogen) atoms. The van der Waals surface area contributed by atoms with Crippen molar-refractivity contribution in [2.24, 2.45) is 5.14 Å². The van der Waals surface area contributed by atoms with E-state index in [4.69, 9.17) is 9.56 Å². The van der Waals surface area contributed by atoms with Crippen LogP contribution in [0.3, 0.4) is 0 Å². The lowest BCUT2D eigenvalue weighted by molar-refractivity contribution is 0.598. The van der Waals surface area contributed by atoms with Gasteiger partial charge in [0.25, 0.3) is 0 Å². The summed E-state index contributed by atoms with van der Waals surface area (Å²) in [6, 6.07) is 14.3. The van der Waals surface area contributed by atoms with Gasteiger partial charge in [-0.1, -0.05) is 30.3 Å². The van der Waals surface area contributed by atoms with Gasteiger partial charge in [0.2, 0.25) is 10.0 Å². The summed E-state index contributed by atoms with van der Waals surface area (Å²) in [5, 5.41) is 8.93. The molecule has 0 atom stereocenters. The number of hydrogen-bond donors (Lipinski definition) is 1. The van der Waals surface area contributed by atoms with Gasteiger partial charge in [0.15, 0.2) is 5.76 Å². The minimum Gasteiger partial charge on any atom is -0.454 e. The quantitative estimate of drug-likeness (QED) is 0.586. The fourth-order valence-electron chi connectivity index (χ4n) is 2.72. The number of sulfonamides is 1. The maximum atomic E-state index is 11.3. The molecule has 5 nitrogen and oxygen atoms in total. The van der Waals surface area contributed by atoms with Crippen LogP contribution in [0.4, 0.5) is 0 Å². The Morgan fingerprint density at radius 3 is 2.48 bits per heavy atom. The predicted molar refractivity (Wildman–Crippen MR) is 98.9 cm³/mol. The number of nitrogens with zero attached hydrogens (tertiary/aromatic N) is 1. The molecule has 2 heterocycles. The zero-order valence-corrected chi connectivity index (χ0v) is 14.9. The molecule has 7 heteroatoms. The molecule has 0 unspecified atom stereocenters. The van der Waals surface area contributed by atoms with Crippen molar-refractivity contribution in [3.63, 3.8) is 0 Å². The van der Waals surface area contributed by atoms with E-state index in [0.717, 1.165) is 38.6 Å². The van der Waals surface area contributed by atoms with Crippen LogP contribution in [-0.4, -0.2) is 13.4 Å². The smallest absolute Gasteiger partial charge is 0.238 e. The molecule has 0 fully saturated rings. The van der Waals surface area contributed by atoms with Gasteiger partial charge < -0.3 is 4.42 Å². The van der Waals surface area contributed by atoms with Gasteiger partial charge in [-0.05, 0) is 25.1 Å². The number of aromatic nitrogens is 1. The molecular weight excluding hydrogens is 356 g/mol. The van der Waals surface area contributed by atoms with Crippen LogP contribution < -0.4 is 5.14 Å². The molecule has 4 rings (SSSR count). The molecule has 126 valence electrons. The largest absolute Gasteiger partial charge is 0.454 e. The zero-order valence-electron chi connectivity index (χ0n) is 13.3. The van der Waals surface area contributed by atoms with E-state index >= 15 is 0 Å². The Labute approximate surface area is 148 Å². The van der Waals surface area contributed by atoms with Crippen LogP contribution in [0.5, 0.6) is 0 Å². The Bertz CT molecular complexity index is 1170. The number of benzene rings is 2. The minimum absolute atomic E-state index is 0.0844. The summed E-state index contributed by atoms with van der Waals surface area (Å²) < 4.78 is 28.6. The Balaban J connectivity index is 1.73. The lowest BCUT2D eigenvalue weighted by Gasteiger charge is -1.99. The monoisotopic (exact) mass is 370 g/mol. The number of hydrogen-bond acceptors (Lipinski definition) is 5. The average molecular weight is 370 g/mol. The molecular formula is C18H14N2O3S2. The first-order valence-electron chi connectivity index (χ1n) is 7.51. The van der Waals surface area contributed by atoms with E-state index in [1.807, 2.05) is 36.6 Å². The van der Waals surface area contributed by atoms with E-state index in [0.29, 0.717) is 0 Å². The van der Waals surface area contributed by atoms with Crippen molar-refractivity contribution in [3.8, 4) is 22.0 Å². The van der Waals surface area contributed by atoms with Crippen molar-refractivity contribution < 1.29 is 12.8 Å². The van der Waals surface area contributed by atoms with E-state index in [1.165, 1.54) is 23.5 Å². The molecule has 0 aliphatic carbocycles. The Morgan fingerprint density at radius 1 is 1.08 bits per heavy atom. The summed E-state index contributed by atoms with van der Waals surface area (Å²) in [5.74, 6) is 0.754. The SMILES string of the molecule is Cc1c(-c2csc(-c3ccc(S(N)(=O)=O)cc3)n2)oc2ccccc12. The number of para-hydroxylation sites is 1. The predicted octanol–water partition coefficient (Wildman–Crippen LogP) is 4.18. The maximum absolute atomic E-state index is 11.3. The van der Waals surface area contributed by atoms with Crippen LogP contribution in [0, 0.1) is 6.92 Å². The molecule has 4 aromatic rings. The van der Waals surface area contributed by atoms with E-state index in [9.17, 15) is 8.42 Å². The number of aryl methyl sites for hydroxylation is 1. The summed E-state index contributed by atoms with van der Waals surface area (Å²) in [7, 11) is -3.69. The van der Waals surface area contributed by atoms with Gasteiger partial charge in [0.05, 0.1) is 4.90 Å². The van der Waals surface area contributed by atoms with Crippen LogP contribution in [0.2, 0.25) is 0 Å². The second-order valence-electron chi connectivity index (χ2n) is 5.66. The Hall–Kier alpha value is -2.48. The van der Waals surface area contributed by atoms with Crippen molar-refractivity contribution in [3.05, 3.63) is 59.5 Å². The van der Waals surface area contributed by atoms with Gasteiger partial charge in [0.1, 0.15) is 16.3 Å². The third-order valence-corrected chi connectivity index (χ3v) is 5.83. The van der Waals surface area contributed by atoms with Crippen molar-refractivity contribution in [1.82, 2.24) is 4.98 Å². The lowest BCUT2D eigenvalue weighted by Crippen LogP contribution is -2.11. The number of furan rings is 1. The molecule has 0 spiro atoms. The third kappa shape index (κ3) is 2.86. The highest BCUT2D eigenvalue weighted by molar-refractivity contribution is 7.89. The number of nitrogens with two attached hydrogens (primary N) is 1. The molecule has 0 aliphatic heterocycles. The highest BCUT2D eigenvalue weighted by atomic mass is 32.2. The summed E-state index contributed by atoms with van der Waals surface area (Å²) >= 11 is 1.48. The van der Waals surface area contributed by atoms with Crippen LogP contribution in [-0.2, 0) is 10.0 Å². The van der Waals surface area contributed by atoms with E-state index in [1.54, 1.807) is 12.1 Å². The molecule has 0 saturated heterocycles. The fraction of sp³-hybridized carbons (Fsp3) is 0.0556. The van der Waals surface area contributed by atoms with Crippen LogP contribution in [0.25, 0.3) is 33.0 Å². The molecule has 2 aromatic heterocycles. The maximum Gasteiger partial charge on any atom is 0.238 e. The normalized spacial score (nSPS) is 11.9. The summed E-state index contributed by atoms with van der Waals surface area (Å²) in [4.78, 5) is 4.73. The number of fused-ring (bicyclic) bond motifs is 1. The molecule has 0 amide bonds. The first-order valence-corrected chi connectivity index (χ1v) is 9.93. The standard InChI is InChI=1S/C18H14N2O3S2/c1-11-14-4-2-3-5-16(14)23-17(11)15-10-24-18(20-15)12-6-8-13(9-7-12)25(19,21)22/h2-10H,1H3,(H2,19,21,22). The van der Waals surface area contributed by atoms with Crippen LogP contribution in [0.15, 0.2) is 63.2 Å². The zero-order chi connectivity index (χ0) is 17.6. The van der Waals surface area contributed by atoms with Crippen LogP contribution >= 0.6 is 11.3 Å². The van der Waals surface area contributed by atoms with Gasteiger partial charge in [-0.25, -0.2) is 18.5 Å². The van der Waals surface area contributed by atoms with E-state index in [-0.39, 0.29) is 4.90 Å². The van der Waals surface area contributed by atoms with E-state index in [2.05, 4.69) is 4.98 Å². The van der Waals surface area contributed by atoms with Gasteiger partial charge in [-0.15, -0.1) is 11.3 Å². The van der Waals surface area contributed by atoms with Gasteiger partial charge >= 0.3 is 0 Å². The first-order chi connectivity index (χ1) is 11.9. The molecule has 0 aliphatic rings. The first kappa shape index (κ1) is 16.0. The second-order valence-corrected chi connectivity index (χ2v) is 8.08. The van der Waals surface area contributed by atoms with Crippen LogP contribution in [0.1, 0.15) is 5.56 Å². The highest BCUT2D eigenvalue weighted by Crippen LogP contribution is 2.35. The topological polar surface area (TPSA) is 86.2 Å². The number of rotatable bonds is 3. The molecule has 0 bridgehead atoms. The Morgan fingerprint density at radius 2 is 1.80 bits per heavy atom. The summed E-state index contributed by atoms with van der Waals surface area (Å²) in [6.07, 6.45) is 0. The second kappa shape index (κ2) is 5.80. The van der Waals surface area contributed by atoms with Crippen molar-refractivity contribution in [2.75, 3.05) is 0 Å². The van der Waals surface area contributed by atoms with Crippen molar-refractivity contribution in [1.29, 1.82) is 0 Å². The fourth-order valence-corrected chi connectivity index (χ4v) is 4.04. The molecule has 2 aromatic carbocycles. The molecule has 0 saturated carbocycles. The molecule has 2 N–H and O–H groups in total. The average Bonchev–Trinajstić information content (AvgIpc) is 3.20. The van der Waals surface area contributed by atoms with Crippen molar-refractivity contribution >= 4 is 32.3 Å². The van der Waals surface area contributed by atoms with Gasteiger partial charge in [-0.2, -0.15) is 0 Å².